The van der Waals surface area contributed by atoms with Crippen molar-refractivity contribution >= 4 is 5.97 Å². The molecule has 0 bridgehead atoms. The number of ether oxygens (including phenoxy) is 1. The van der Waals surface area contributed by atoms with Gasteiger partial charge >= 0.3 is 5.97 Å². The van der Waals surface area contributed by atoms with Crippen LogP contribution in [0.3, 0.4) is 0 Å². The second-order valence-electron chi connectivity index (χ2n) is 2.79. The number of hydrogen-bond donors (Lipinski definition) is 0. The van der Waals surface area contributed by atoms with Crippen molar-refractivity contribution in [1.82, 2.24) is 9.55 Å². The summed E-state index contributed by atoms with van der Waals surface area (Å²) in [7, 11) is 1.38. The van der Waals surface area contributed by atoms with Crippen LogP contribution in [0.1, 0.15) is 19.2 Å². The van der Waals surface area contributed by atoms with Gasteiger partial charge in [0.1, 0.15) is 12.2 Å². The normalized spacial score (nSPS) is 10.0. The molecule has 0 unspecified atom stereocenters. The lowest BCUT2D eigenvalue weighted by molar-refractivity contribution is -0.139. The molecule has 1 aromatic rings. The lowest BCUT2D eigenvalue weighted by atomic mass is 10.4. The standard InChI is InChI=1S/C9H14N2O2/c1-3-5-11-6-4-10-8(11)7-9(12)13-2/h4,6H,3,5,7H2,1-2H3. The summed E-state index contributed by atoms with van der Waals surface area (Å²) in [6.45, 7) is 2.98. The van der Waals surface area contributed by atoms with E-state index in [-0.39, 0.29) is 12.4 Å². The SMILES string of the molecule is CCCn1ccnc1CC(=O)OC. The molecular weight excluding hydrogens is 168 g/mol. The summed E-state index contributed by atoms with van der Waals surface area (Å²) in [5, 5.41) is 0. The fraction of sp³-hybridized carbons (Fsp3) is 0.556. The number of hydrogen-bond acceptors (Lipinski definition) is 3. The van der Waals surface area contributed by atoms with Crippen molar-refractivity contribution in [2.75, 3.05) is 7.11 Å². The van der Waals surface area contributed by atoms with E-state index in [9.17, 15) is 4.79 Å². The maximum Gasteiger partial charge on any atom is 0.313 e. The fourth-order valence-corrected chi connectivity index (χ4v) is 1.15. The minimum absolute atomic E-state index is 0.247. The molecule has 0 aromatic carbocycles. The number of methoxy groups -OCH3 is 1. The first-order valence-corrected chi connectivity index (χ1v) is 4.34. The summed E-state index contributed by atoms with van der Waals surface area (Å²) in [5.41, 5.74) is 0. The average Bonchev–Trinajstić information content (AvgIpc) is 2.54. The number of aromatic nitrogens is 2. The molecule has 1 heterocycles. The Bertz CT molecular complexity index is 281. The van der Waals surface area contributed by atoms with E-state index in [0.717, 1.165) is 18.8 Å². The van der Waals surface area contributed by atoms with E-state index in [1.54, 1.807) is 6.20 Å². The van der Waals surface area contributed by atoms with Gasteiger partial charge in [-0.05, 0) is 6.42 Å². The summed E-state index contributed by atoms with van der Waals surface area (Å²) in [4.78, 5) is 15.0. The van der Waals surface area contributed by atoms with Crippen molar-refractivity contribution in [2.45, 2.75) is 26.3 Å². The zero-order valence-electron chi connectivity index (χ0n) is 7.99. The Hall–Kier alpha value is -1.32. The van der Waals surface area contributed by atoms with Gasteiger partial charge in [-0.1, -0.05) is 6.92 Å². The Morgan fingerprint density at radius 1 is 1.69 bits per heavy atom. The van der Waals surface area contributed by atoms with Crippen molar-refractivity contribution in [3.05, 3.63) is 18.2 Å². The van der Waals surface area contributed by atoms with E-state index in [1.165, 1.54) is 7.11 Å². The molecule has 0 aliphatic rings. The highest BCUT2D eigenvalue weighted by Gasteiger charge is 2.07. The highest BCUT2D eigenvalue weighted by molar-refractivity contribution is 5.71. The van der Waals surface area contributed by atoms with Crippen LogP contribution in [-0.4, -0.2) is 22.6 Å². The number of aryl methyl sites for hydroxylation is 1. The number of esters is 1. The quantitative estimate of drug-likeness (QED) is 0.653. The maximum atomic E-state index is 11.0. The number of nitrogens with zero attached hydrogens (tertiary/aromatic N) is 2. The third-order valence-electron chi connectivity index (χ3n) is 1.80. The van der Waals surface area contributed by atoms with E-state index >= 15 is 0 Å². The zero-order chi connectivity index (χ0) is 9.68. The van der Waals surface area contributed by atoms with E-state index in [4.69, 9.17) is 0 Å². The molecule has 0 atom stereocenters. The van der Waals surface area contributed by atoms with Gasteiger partial charge in [0, 0.05) is 18.9 Å². The molecule has 0 spiro atoms. The van der Waals surface area contributed by atoms with Gasteiger partial charge in [-0.3, -0.25) is 4.79 Å². The Labute approximate surface area is 77.5 Å². The molecule has 0 saturated heterocycles. The van der Waals surface area contributed by atoms with Crippen LogP contribution in [-0.2, 0) is 22.5 Å². The topological polar surface area (TPSA) is 44.1 Å². The van der Waals surface area contributed by atoms with Crippen LogP contribution < -0.4 is 0 Å². The second-order valence-corrected chi connectivity index (χ2v) is 2.79. The molecule has 0 aliphatic heterocycles. The summed E-state index contributed by atoms with van der Waals surface area (Å²) < 4.78 is 6.53. The van der Waals surface area contributed by atoms with Gasteiger partial charge in [0.25, 0.3) is 0 Å². The minimum atomic E-state index is -0.247. The predicted molar refractivity (Wildman–Crippen MR) is 48.2 cm³/mol. The number of imidazole rings is 1. The first-order valence-electron chi connectivity index (χ1n) is 4.34. The minimum Gasteiger partial charge on any atom is -0.469 e. The number of rotatable bonds is 4. The Morgan fingerprint density at radius 3 is 3.08 bits per heavy atom. The molecule has 0 amide bonds. The smallest absolute Gasteiger partial charge is 0.313 e. The van der Waals surface area contributed by atoms with E-state index < -0.39 is 0 Å². The lowest BCUT2D eigenvalue weighted by Gasteiger charge is -2.04. The molecule has 4 nitrogen and oxygen atoms in total. The number of carbonyl (C=O) groups is 1. The summed E-state index contributed by atoms with van der Waals surface area (Å²) in [5.74, 6) is 0.525. The van der Waals surface area contributed by atoms with Crippen molar-refractivity contribution < 1.29 is 9.53 Å². The Kier molecular flexibility index (Phi) is 3.49. The van der Waals surface area contributed by atoms with Gasteiger partial charge in [-0.2, -0.15) is 0 Å². The maximum absolute atomic E-state index is 11.0. The molecule has 0 N–H and O–H groups in total. The largest absolute Gasteiger partial charge is 0.469 e. The second kappa shape index (κ2) is 4.64. The molecule has 0 radical (unpaired) electrons. The van der Waals surface area contributed by atoms with Crippen LogP contribution in [0.4, 0.5) is 0 Å². The van der Waals surface area contributed by atoms with E-state index in [1.807, 2.05) is 10.8 Å². The molecular formula is C9H14N2O2. The first-order chi connectivity index (χ1) is 6.27. The highest BCUT2D eigenvalue weighted by Crippen LogP contribution is 2.00. The number of carbonyl (C=O) groups excluding carboxylic acids is 1. The van der Waals surface area contributed by atoms with Gasteiger partial charge in [-0.25, -0.2) is 4.98 Å². The average molecular weight is 182 g/mol. The summed E-state index contributed by atoms with van der Waals surface area (Å²) in [6, 6.07) is 0. The van der Waals surface area contributed by atoms with Gasteiger partial charge in [0.15, 0.2) is 0 Å². The summed E-state index contributed by atoms with van der Waals surface area (Å²) in [6.07, 6.45) is 4.86. The van der Waals surface area contributed by atoms with E-state index in [0.29, 0.717) is 0 Å². The molecule has 13 heavy (non-hydrogen) atoms. The van der Waals surface area contributed by atoms with Crippen molar-refractivity contribution in [1.29, 1.82) is 0 Å². The van der Waals surface area contributed by atoms with Crippen molar-refractivity contribution in [2.24, 2.45) is 0 Å². The lowest BCUT2D eigenvalue weighted by Crippen LogP contribution is -2.10. The van der Waals surface area contributed by atoms with Crippen LogP contribution >= 0.6 is 0 Å². The molecule has 0 aliphatic carbocycles. The van der Waals surface area contributed by atoms with Crippen LogP contribution in [0.5, 0.6) is 0 Å². The monoisotopic (exact) mass is 182 g/mol. The van der Waals surface area contributed by atoms with Crippen LogP contribution in [0.25, 0.3) is 0 Å². The molecule has 1 aromatic heterocycles. The third-order valence-corrected chi connectivity index (χ3v) is 1.80. The van der Waals surface area contributed by atoms with Crippen molar-refractivity contribution in [3.8, 4) is 0 Å². The molecule has 72 valence electrons. The fourth-order valence-electron chi connectivity index (χ4n) is 1.15. The van der Waals surface area contributed by atoms with Crippen LogP contribution in [0.2, 0.25) is 0 Å². The van der Waals surface area contributed by atoms with Crippen LogP contribution in [0.15, 0.2) is 12.4 Å². The first kappa shape index (κ1) is 9.77. The van der Waals surface area contributed by atoms with E-state index in [2.05, 4.69) is 16.6 Å². The molecule has 4 heteroatoms. The Balaban J connectivity index is 2.64. The van der Waals surface area contributed by atoms with Gasteiger partial charge in [-0.15, -0.1) is 0 Å². The predicted octanol–water partition coefficient (Wildman–Crippen LogP) is 1.01. The van der Waals surface area contributed by atoms with Gasteiger partial charge in [0.2, 0.25) is 0 Å². The van der Waals surface area contributed by atoms with Gasteiger partial charge < -0.3 is 9.30 Å². The summed E-state index contributed by atoms with van der Waals surface area (Å²) >= 11 is 0. The molecule has 1 rings (SSSR count). The van der Waals surface area contributed by atoms with Crippen LogP contribution in [0, 0.1) is 0 Å². The zero-order valence-corrected chi connectivity index (χ0v) is 7.99. The Morgan fingerprint density at radius 2 is 2.46 bits per heavy atom. The van der Waals surface area contributed by atoms with Gasteiger partial charge in [0.05, 0.1) is 7.11 Å². The third kappa shape index (κ3) is 2.57. The molecule has 0 saturated carbocycles. The highest BCUT2D eigenvalue weighted by atomic mass is 16.5. The van der Waals surface area contributed by atoms with Crippen molar-refractivity contribution in [3.63, 3.8) is 0 Å². The molecule has 0 fully saturated rings.